The number of methoxy groups -OCH3 is 1. The van der Waals surface area contributed by atoms with Gasteiger partial charge in [0.2, 0.25) is 5.15 Å². The number of rotatable bonds is 3. The maximum absolute atomic E-state index is 11.0. The summed E-state index contributed by atoms with van der Waals surface area (Å²) in [4.78, 5) is 17.9. The fourth-order valence-corrected chi connectivity index (χ4v) is 1.76. The Labute approximate surface area is 107 Å². The van der Waals surface area contributed by atoms with Crippen molar-refractivity contribution in [2.24, 2.45) is 0 Å². The average Bonchev–Trinajstić information content (AvgIpc) is 2.38. The van der Waals surface area contributed by atoms with Gasteiger partial charge < -0.3 is 4.74 Å². The summed E-state index contributed by atoms with van der Waals surface area (Å²) >= 11 is 5.74. The molecule has 0 saturated heterocycles. The SMILES string of the molecule is COc1ccccc1-c1ncnc(Cl)c1[N+](=O)[O-]. The van der Waals surface area contributed by atoms with Crippen LogP contribution in [-0.2, 0) is 0 Å². The van der Waals surface area contributed by atoms with E-state index in [2.05, 4.69) is 9.97 Å². The number of benzene rings is 1. The highest BCUT2D eigenvalue weighted by atomic mass is 35.5. The zero-order chi connectivity index (χ0) is 13.1. The molecule has 1 aromatic carbocycles. The molecule has 18 heavy (non-hydrogen) atoms. The average molecular weight is 266 g/mol. The van der Waals surface area contributed by atoms with Gasteiger partial charge in [0.1, 0.15) is 12.1 Å². The second-order valence-electron chi connectivity index (χ2n) is 3.32. The molecule has 0 atom stereocenters. The summed E-state index contributed by atoms with van der Waals surface area (Å²) in [5, 5.41) is 10.8. The number of nitrogens with zero attached hydrogens (tertiary/aromatic N) is 3. The Morgan fingerprint density at radius 2 is 2.06 bits per heavy atom. The number of hydrogen-bond acceptors (Lipinski definition) is 5. The van der Waals surface area contributed by atoms with Crippen molar-refractivity contribution in [3.63, 3.8) is 0 Å². The predicted octanol–water partition coefficient (Wildman–Crippen LogP) is 2.71. The van der Waals surface area contributed by atoms with Crippen molar-refractivity contribution in [2.45, 2.75) is 0 Å². The first kappa shape index (κ1) is 12.3. The zero-order valence-corrected chi connectivity index (χ0v) is 10.1. The van der Waals surface area contributed by atoms with E-state index in [1.54, 1.807) is 24.3 Å². The highest BCUT2D eigenvalue weighted by Gasteiger charge is 2.24. The van der Waals surface area contributed by atoms with E-state index >= 15 is 0 Å². The van der Waals surface area contributed by atoms with E-state index in [-0.39, 0.29) is 16.5 Å². The minimum absolute atomic E-state index is 0.137. The molecular formula is C11H8ClN3O3. The first-order chi connectivity index (χ1) is 8.65. The minimum atomic E-state index is -0.607. The molecule has 0 bridgehead atoms. The van der Waals surface area contributed by atoms with Crippen LogP contribution in [0.4, 0.5) is 5.69 Å². The molecule has 2 aromatic rings. The zero-order valence-electron chi connectivity index (χ0n) is 9.33. The molecule has 0 spiro atoms. The molecule has 92 valence electrons. The fraction of sp³-hybridized carbons (Fsp3) is 0.0909. The van der Waals surface area contributed by atoms with Gasteiger partial charge in [-0.05, 0) is 12.1 Å². The van der Waals surface area contributed by atoms with Crippen molar-refractivity contribution >= 4 is 17.3 Å². The Bertz CT molecular complexity index is 604. The van der Waals surface area contributed by atoms with Crippen LogP contribution >= 0.6 is 11.6 Å². The lowest BCUT2D eigenvalue weighted by molar-refractivity contribution is -0.384. The fourth-order valence-electron chi connectivity index (χ4n) is 1.56. The van der Waals surface area contributed by atoms with Crippen molar-refractivity contribution in [3.8, 4) is 17.0 Å². The molecule has 0 fully saturated rings. The molecule has 0 amide bonds. The van der Waals surface area contributed by atoms with Gasteiger partial charge in [-0.3, -0.25) is 10.1 Å². The number of hydrogen-bond donors (Lipinski definition) is 0. The monoisotopic (exact) mass is 265 g/mol. The van der Waals surface area contributed by atoms with Crippen LogP contribution in [0.2, 0.25) is 5.15 Å². The first-order valence-corrected chi connectivity index (χ1v) is 5.31. The van der Waals surface area contributed by atoms with Gasteiger partial charge in [-0.2, -0.15) is 0 Å². The molecule has 7 heteroatoms. The quantitative estimate of drug-likeness (QED) is 0.484. The lowest BCUT2D eigenvalue weighted by atomic mass is 10.1. The maximum Gasteiger partial charge on any atom is 0.332 e. The van der Waals surface area contributed by atoms with Gasteiger partial charge >= 0.3 is 5.69 Å². The highest BCUT2D eigenvalue weighted by molar-refractivity contribution is 6.31. The van der Waals surface area contributed by atoms with Crippen molar-refractivity contribution in [1.82, 2.24) is 9.97 Å². The predicted molar refractivity (Wildman–Crippen MR) is 65.7 cm³/mol. The lowest BCUT2D eigenvalue weighted by Crippen LogP contribution is -1.99. The summed E-state index contributed by atoms with van der Waals surface area (Å²) in [6.07, 6.45) is 1.18. The van der Waals surface area contributed by atoms with Gasteiger partial charge in [0.25, 0.3) is 0 Å². The van der Waals surface area contributed by atoms with Crippen LogP contribution in [-0.4, -0.2) is 22.0 Å². The second-order valence-corrected chi connectivity index (χ2v) is 3.68. The maximum atomic E-state index is 11.0. The van der Waals surface area contributed by atoms with Crippen LogP contribution in [0.15, 0.2) is 30.6 Å². The van der Waals surface area contributed by atoms with E-state index < -0.39 is 4.92 Å². The van der Waals surface area contributed by atoms with Gasteiger partial charge in [-0.1, -0.05) is 23.7 Å². The molecule has 1 heterocycles. The summed E-state index contributed by atoms with van der Waals surface area (Å²) in [6, 6.07) is 6.86. The van der Waals surface area contributed by atoms with Crippen LogP contribution in [0.3, 0.4) is 0 Å². The number of aromatic nitrogens is 2. The van der Waals surface area contributed by atoms with Gasteiger partial charge in [0.15, 0.2) is 5.69 Å². The summed E-state index contributed by atoms with van der Waals surface area (Å²) in [6.45, 7) is 0. The highest BCUT2D eigenvalue weighted by Crippen LogP contribution is 2.36. The largest absolute Gasteiger partial charge is 0.496 e. The van der Waals surface area contributed by atoms with Gasteiger partial charge in [-0.25, -0.2) is 9.97 Å². The molecule has 0 saturated carbocycles. The van der Waals surface area contributed by atoms with Gasteiger partial charge in [0.05, 0.1) is 12.0 Å². The van der Waals surface area contributed by atoms with Crippen molar-refractivity contribution in [3.05, 3.63) is 45.9 Å². The Morgan fingerprint density at radius 1 is 1.33 bits per heavy atom. The first-order valence-electron chi connectivity index (χ1n) is 4.93. The Hall–Kier alpha value is -2.21. The summed E-state index contributed by atoms with van der Waals surface area (Å²) < 4.78 is 5.15. The molecule has 0 aliphatic rings. The molecular weight excluding hydrogens is 258 g/mol. The van der Waals surface area contributed by atoms with Crippen LogP contribution in [0.1, 0.15) is 0 Å². The van der Waals surface area contributed by atoms with Crippen molar-refractivity contribution < 1.29 is 9.66 Å². The van der Waals surface area contributed by atoms with Crippen LogP contribution in [0, 0.1) is 10.1 Å². The van der Waals surface area contributed by atoms with Crippen LogP contribution in [0.5, 0.6) is 5.75 Å². The molecule has 2 rings (SSSR count). The Morgan fingerprint density at radius 3 is 2.72 bits per heavy atom. The van der Waals surface area contributed by atoms with Crippen LogP contribution in [0.25, 0.3) is 11.3 Å². The Kier molecular flexibility index (Phi) is 3.38. The minimum Gasteiger partial charge on any atom is -0.496 e. The molecule has 0 N–H and O–H groups in total. The van der Waals surface area contributed by atoms with E-state index in [0.717, 1.165) is 0 Å². The van der Waals surface area contributed by atoms with E-state index in [0.29, 0.717) is 11.3 Å². The van der Waals surface area contributed by atoms with E-state index in [1.807, 2.05) is 0 Å². The molecule has 6 nitrogen and oxygen atoms in total. The topological polar surface area (TPSA) is 78.2 Å². The molecule has 0 aliphatic heterocycles. The number of nitro groups is 1. The van der Waals surface area contributed by atoms with E-state index in [1.165, 1.54) is 13.4 Å². The number of halogens is 1. The molecule has 0 aliphatic carbocycles. The van der Waals surface area contributed by atoms with Crippen molar-refractivity contribution in [1.29, 1.82) is 0 Å². The number of para-hydroxylation sites is 1. The third-order valence-electron chi connectivity index (χ3n) is 2.32. The summed E-state index contributed by atoms with van der Waals surface area (Å²) in [5.74, 6) is 0.482. The summed E-state index contributed by atoms with van der Waals surface area (Å²) in [7, 11) is 1.48. The van der Waals surface area contributed by atoms with Crippen molar-refractivity contribution in [2.75, 3.05) is 7.11 Å². The van der Waals surface area contributed by atoms with E-state index in [9.17, 15) is 10.1 Å². The molecule has 0 unspecified atom stereocenters. The van der Waals surface area contributed by atoms with E-state index in [4.69, 9.17) is 16.3 Å². The summed E-state index contributed by atoms with van der Waals surface area (Å²) in [5.41, 5.74) is 0.303. The normalized spacial score (nSPS) is 10.1. The third-order valence-corrected chi connectivity index (χ3v) is 2.60. The smallest absolute Gasteiger partial charge is 0.332 e. The Balaban J connectivity index is 2.71. The molecule has 1 aromatic heterocycles. The standard InChI is InChI=1S/C11H8ClN3O3/c1-18-8-5-3-2-4-7(8)9-10(15(16)17)11(12)14-6-13-9/h2-6H,1H3. The lowest BCUT2D eigenvalue weighted by Gasteiger charge is -2.07. The number of ether oxygens (including phenoxy) is 1. The van der Waals surface area contributed by atoms with Gasteiger partial charge in [-0.15, -0.1) is 0 Å². The second kappa shape index (κ2) is 4.97. The van der Waals surface area contributed by atoms with Crippen LogP contribution < -0.4 is 4.74 Å². The molecule has 0 radical (unpaired) electrons. The van der Waals surface area contributed by atoms with Gasteiger partial charge in [0, 0.05) is 5.56 Å². The third kappa shape index (κ3) is 2.10.